The largest absolute Gasteiger partial charge is 0.384 e. The molecule has 0 bridgehead atoms. The lowest BCUT2D eigenvalue weighted by Crippen LogP contribution is -2.15. The standard InChI is InChI=1S/C5H8N6/c6-3-1-2(4(7)8)10-5(9)11-3/h1H,(H3,7,8)(H4,6,9,10,11). The second-order valence-corrected chi connectivity index (χ2v) is 1.95. The lowest BCUT2D eigenvalue weighted by Gasteiger charge is -1.99. The summed E-state index contributed by atoms with van der Waals surface area (Å²) in [6.07, 6.45) is 0. The van der Waals surface area contributed by atoms with E-state index in [1.165, 1.54) is 6.07 Å². The molecule has 1 rings (SSSR count). The van der Waals surface area contributed by atoms with Crippen LogP contribution >= 0.6 is 0 Å². The summed E-state index contributed by atoms with van der Waals surface area (Å²) >= 11 is 0. The number of hydrogen-bond acceptors (Lipinski definition) is 5. The van der Waals surface area contributed by atoms with Gasteiger partial charge in [-0.2, -0.15) is 4.98 Å². The van der Waals surface area contributed by atoms with Crippen molar-refractivity contribution in [1.29, 1.82) is 5.41 Å². The van der Waals surface area contributed by atoms with Gasteiger partial charge in [0.1, 0.15) is 17.3 Å². The maximum Gasteiger partial charge on any atom is 0.222 e. The van der Waals surface area contributed by atoms with Crippen LogP contribution in [-0.4, -0.2) is 15.8 Å². The van der Waals surface area contributed by atoms with Crippen LogP contribution in [0.5, 0.6) is 0 Å². The molecule has 58 valence electrons. The van der Waals surface area contributed by atoms with Gasteiger partial charge in [0.05, 0.1) is 0 Å². The van der Waals surface area contributed by atoms with E-state index in [0.717, 1.165) is 0 Å². The zero-order chi connectivity index (χ0) is 8.43. The van der Waals surface area contributed by atoms with Gasteiger partial charge in [-0.3, -0.25) is 5.41 Å². The van der Waals surface area contributed by atoms with E-state index in [1.54, 1.807) is 0 Å². The molecule has 0 fully saturated rings. The normalized spacial score (nSPS) is 9.45. The Labute approximate surface area is 62.9 Å². The molecule has 0 radical (unpaired) electrons. The van der Waals surface area contributed by atoms with Gasteiger partial charge in [-0.15, -0.1) is 0 Å². The van der Waals surface area contributed by atoms with E-state index in [9.17, 15) is 0 Å². The van der Waals surface area contributed by atoms with Gasteiger partial charge in [0.25, 0.3) is 0 Å². The van der Waals surface area contributed by atoms with Crippen molar-refractivity contribution in [3.8, 4) is 0 Å². The topological polar surface area (TPSA) is 128 Å². The first-order valence-corrected chi connectivity index (χ1v) is 2.84. The second kappa shape index (κ2) is 2.41. The average Bonchev–Trinajstić information content (AvgIpc) is 1.85. The van der Waals surface area contributed by atoms with Crippen LogP contribution in [0.25, 0.3) is 0 Å². The van der Waals surface area contributed by atoms with Gasteiger partial charge in [0.15, 0.2) is 0 Å². The number of anilines is 2. The molecular weight excluding hydrogens is 144 g/mol. The number of nitrogens with one attached hydrogen (secondary N) is 1. The monoisotopic (exact) mass is 152 g/mol. The van der Waals surface area contributed by atoms with Crippen molar-refractivity contribution in [3.05, 3.63) is 11.8 Å². The Morgan fingerprint density at radius 2 is 2.00 bits per heavy atom. The highest BCUT2D eigenvalue weighted by Crippen LogP contribution is 2.02. The van der Waals surface area contributed by atoms with E-state index in [4.69, 9.17) is 22.6 Å². The summed E-state index contributed by atoms with van der Waals surface area (Å²) in [7, 11) is 0. The van der Waals surface area contributed by atoms with E-state index in [2.05, 4.69) is 9.97 Å². The fourth-order valence-electron chi connectivity index (χ4n) is 0.623. The van der Waals surface area contributed by atoms with Crippen molar-refractivity contribution in [3.63, 3.8) is 0 Å². The molecule has 0 aliphatic heterocycles. The third-order valence-electron chi connectivity index (χ3n) is 1.04. The molecule has 7 N–H and O–H groups in total. The van der Waals surface area contributed by atoms with E-state index < -0.39 is 0 Å². The number of nitrogens with zero attached hydrogens (tertiary/aromatic N) is 2. The summed E-state index contributed by atoms with van der Waals surface area (Å²) in [6.45, 7) is 0. The molecule has 1 aromatic rings. The van der Waals surface area contributed by atoms with Crippen molar-refractivity contribution in [1.82, 2.24) is 9.97 Å². The fourth-order valence-corrected chi connectivity index (χ4v) is 0.623. The zero-order valence-electron chi connectivity index (χ0n) is 5.70. The molecular formula is C5H8N6. The number of nitrogens with two attached hydrogens (primary N) is 3. The summed E-state index contributed by atoms with van der Waals surface area (Å²) in [5.41, 5.74) is 15.9. The molecule has 1 heterocycles. The van der Waals surface area contributed by atoms with E-state index >= 15 is 0 Å². The van der Waals surface area contributed by atoms with Crippen molar-refractivity contribution >= 4 is 17.6 Å². The summed E-state index contributed by atoms with van der Waals surface area (Å²) in [6, 6.07) is 1.39. The number of nitrogen functional groups attached to an aromatic ring is 3. The zero-order valence-corrected chi connectivity index (χ0v) is 5.70. The first-order valence-electron chi connectivity index (χ1n) is 2.84. The minimum atomic E-state index is -0.175. The highest BCUT2D eigenvalue weighted by atomic mass is 15.0. The molecule has 0 atom stereocenters. The molecule has 1 aromatic heterocycles. The van der Waals surface area contributed by atoms with E-state index in [1.807, 2.05) is 0 Å². The van der Waals surface area contributed by atoms with Crippen LogP contribution in [0.2, 0.25) is 0 Å². The van der Waals surface area contributed by atoms with E-state index in [-0.39, 0.29) is 23.3 Å². The van der Waals surface area contributed by atoms with E-state index in [0.29, 0.717) is 0 Å². The molecule has 0 aromatic carbocycles. The van der Waals surface area contributed by atoms with Gasteiger partial charge in [-0.25, -0.2) is 4.98 Å². The average molecular weight is 152 g/mol. The highest BCUT2D eigenvalue weighted by Gasteiger charge is 2.00. The molecule has 11 heavy (non-hydrogen) atoms. The Kier molecular flexibility index (Phi) is 1.59. The van der Waals surface area contributed by atoms with Crippen LogP contribution in [0.4, 0.5) is 11.8 Å². The number of amidine groups is 1. The van der Waals surface area contributed by atoms with Crippen LogP contribution in [-0.2, 0) is 0 Å². The summed E-state index contributed by atoms with van der Waals surface area (Å²) < 4.78 is 0. The Hall–Kier alpha value is -1.85. The second-order valence-electron chi connectivity index (χ2n) is 1.95. The van der Waals surface area contributed by atoms with Crippen LogP contribution in [0.1, 0.15) is 5.69 Å². The van der Waals surface area contributed by atoms with Gasteiger partial charge in [0.2, 0.25) is 5.95 Å². The molecule has 0 amide bonds. The Bertz CT molecular complexity index is 273. The number of hydrogen-bond donors (Lipinski definition) is 4. The molecule has 6 nitrogen and oxygen atoms in total. The number of rotatable bonds is 1. The van der Waals surface area contributed by atoms with Crippen LogP contribution in [0, 0.1) is 5.41 Å². The first-order chi connectivity index (χ1) is 5.09. The Morgan fingerprint density at radius 1 is 1.36 bits per heavy atom. The molecule has 6 heteroatoms. The van der Waals surface area contributed by atoms with Crippen LogP contribution in [0.3, 0.4) is 0 Å². The molecule has 0 aliphatic rings. The molecule has 0 spiro atoms. The lowest BCUT2D eigenvalue weighted by molar-refractivity contribution is 1.16. The third-order valence-corrected chi connectivity index (χ3v) is 1.04. The molecule has 0 unspecified atom stereocenters. The van der Waals surface area contributed by atoms with Gasteiger partial charge in [-0.05, 0) is 0 Å². The minimum Gasteiger partial charge on any atom is -0.384 e. The third kappa shape index (κ3) is 1.54. The Balaban J connectivity index is 3.19. The van der Waals surface area contributed by atoms with Crippen molar-refractivity contribution < 1.29 is 0 Å². The summed E-state index contributed by atoms with van der Waals surface area (Å²) in [4.78, 5) is 7.28. The SMILES string of the molecule is N=C(N)c1cc(N)nc(N)n1. The maximum absolute atomic E-state index is 7.01. The summed E-state index contributed by atoms with van der Waals surface area (Å²) in [5, 5.41) is 7.01. The van der Waals surface area contributed by atoms with Gasteiger partial charge in [0, 0.05) is 6.07 Å². The molecule has 0 saturated carbocycles. The summed E-state index contributed by atoms with van der Waals surface area (Å²) in [5.74, 6) is 0.0590. The number of aromatic nitrogens is 2. The minimum absolute atomic E-state index is 0.0233. The van der Waals surface area contributed by atoms with Gasteiger partial charge < -0.3 is 17.2 Å². The highest BCUT2D eigenvalue weighted by molar-refractivity contribution is 5.93. The van der Waals surface area contributed by atoms with Crippen LogP contribution < -0.4 is 17.2 Å². The predicted molar refractivity (Wildman–Crippen MR) is 41.9 cm³/mol. The van der Waals surface area contributed by atoms with Gasteiger partial charge in [-0.1, -0.05) is 0 Å². The fraction of sp³-hybridized carbons (Fsp3) is 0. The molecule has 0 saturated heterocycles. The van der Waals surface area contributed by atoms with Gasteiger partial charge >= 0.3 is 0 Å². The maximum atomic E-state index is 7.01. The van der Waals surface area contributed by atoms with Crippen LogP contribution in [0.15, 0.2) is 6.07 Å². The smallest absolute Gasteiger partial charge is 0.222 e. The van der Waals surface area contributed by atoms with Crippen molar-refractivity contribution in [2.24, 2.45) is 5.73 Å². The van der Waals surface area contributed by atoms with Crippen molar-refractivity contribution in [2.75, 3.05) is 11.5 Å². The molecule has 0 aliphatic carbocycles. The lowest BCUT2D eigenvalue weighted by atomic mass is 10.4. The first kappa shape index (κ1) is 7.26. The quantitative estimate of drug-likeness (QED) is 0.301. The predicted octanol–water partition coefficient (Wildman–Crippen LogP) is -1.07. The Morgan fingerprint density at radius 3 is 2.45 bits per heavy atom. The van der Waals surface area contributed by atoms with Crippen molar-refractivity contribution in [2.45, 2.75) is 0 Å².